The van der Waals surface area contributed by atoms with Crippen molar-refractivity contribution < 1.29 is 17.9 Å². The van der Waals surface area contributed by atoms with Gasteiger partial charge in [-0.2, -0.15) is 4.31 Å². The summed E-state index contributed by atoms with van der Waals surface area (Å²) in [6.07, 6.45) is 0. The molecule has 7 nitrogen and oxygen atoms in total. The molecule has 0 aromatic heterocycles. The number of sulfonamides is 1. The number of benzene rings is 1. The van der Waals surface area contributed by atoms with E-state index in [0.717, 1.165) is 13.1 Å². The molecular formula is C17H25N3O4S. The van der Waals surface area contributed by atoms with Gasteiger partial charge in [0.1, 0.15) is 0 Å². The molecule has 138 valence electrons. The van der Waals surface area contributed by atoms with Crippen molar-refractivity contribution in [3.05, 3.63) is 29.8 Å². The molecule has 2 aliphatic rings. The standard InChI is InChI=1S/C17H25N3O4S/c1-2-24-7-6-19-17(21)13-4-3-5-16(8-13)25(22,23)20-11-14-9-18-10-15(14)12-20/h3-5,8,14-15,18H,2,6-7,9-12H2,1H3,(H,19,21)/t14-,15+. The summed E-state index contributed by atoms with van der Waals surface area (Å²) in [7, 11) is -3.57. The Morgan fingerprint density at radius 1 is 1.32 bits per heavy atom. The number of hydrogen-bond donors (Lipinski definition) is 2. The van der Waals surface area contributed by atoms with Crippen LogP contribution in [0.15, 0.2) is 29.2 Å². The number of carbonyl (C=O) groups excluding carboxylic acids is 1. The second-order valence-corrected chi connectivity index (χ2v) is 8.42. The van der Waals surface area contributed by atoms with Crippen molar-refractivity contribution in [2.45, 2.75) is 11.8 Å². The summed E-state index contributed by atoms with van der Waals surface area (Å²) >= 11 is 0. The van der Waals surface area contributed by atoms with Crippen molar-refractivity contribution in [3.63, 3.8) is 0 Å². The quantitative estimate of drug-likeness (QED) is 0.677. The van der Waals surface area contributed by atoms with Crippen LogP contribution < -0.4 is 10.6 Å². The number of rotatable bonds is 7. The van der Waals surface area contributed by atoms with Crippen LogP contribution in [0.1, 0.15) is 17.3 Å². The molecule has 3 rings (SSSR count). The summed E-state index contributed by atoms with van der Waals surface area (Å²) < 4.78 is 32.5. The Kier molecular flexibility index (Phi) is 5.73. The number of hydrogen-bond acceptors (Lipinski definition) is 5. The van der Waals surface area contributed by atoms with E-state index in [2.05, 4.69) is 10.6 Å². The topological polar surface area (TPSA) is 87.7 Å². The first-order chi connectivity index (χ1) is 12.0. The number of nitrogens with one attached hydrogen (secondary N) is 2. The monoisotopic (exact) mass is 367 g/mol. The summed E-state index contributed by atoms with van der Waals surface area (Å²) in [6.45, 7) is 6.15. The van der Waals surface area contributed by atoms with Gasteiger partial charge in [0.2, 0.25) is 10.0 Å². The molecule has 0 spiro atoms. The molecule has 1 aromatic rings. The predicted octanol–water partition coefficient (Wildman–Crippen LogP) is 0.293. The molecule has 2 aliphatic heterocycles. The van der Waals surface area contributed by atoms with E-state index in [-0.39, 0.29) is 10.8 Å². The Labute approximate surface area is 148 Å². The van der Waals surface area contributed by atoms with Crippen LogP contribution in [-0.4, -0.2) is 64.6 Å². The summed E-state index contributed by atoms with van der Waals surface area (Å²) in [5, 5.41) is 6.04. The summed E-state index contributed by atoms with van der Waals surface area (Å²) in [4.78, 5) is 12.4. The molecule has 0 saturated carbocycles. The van der Waals surface area contributed by atoms with Crippen LogP contribution in [0.2, 0.25) is 0 Å². The van der Waals surface area contributed by atoms with Crippen LogP contribution in [-0.2, 0) is 14.8 Å². The fraction of sp³-hybridized carbons (Fsp3) is 0.588. The van der Waals surface area contributed by atoms with Gasteiger partial charge in [0, 0.05) is 31.8 Å². The van der Waals surface area contributed by atoms with Crippen molar-refractivity contribution in [3.8, 4) is 0 Å². The first-order valence-electron chi connectivity index (χ1n) is 8.69. The van der Waals surface area contributed by atoms with Crippen LogP contribution in [0.5, 0.6) is 0 Å². The molecule has 2 fully saturated rings. The van der Waals surface area contributed by atoms with Gasteiger partial charge in [-0.1, -0.05) is 6.07 Å². The number of ether oxygens (including phenoxy) is 1. The zero-order valence-corrected chi connectivity index (χ0v) is 15.2. The predicted molar refractivity (Wildman–Crippen MR) is 93.9 cm³/mol. The first kappa shape index (κ1) is 18.3. The highest BCUT2D eigenvalue weighted by Crippen LogP contribution is 2.30. The summed E-state index contributed by atoms with van der Waals surface area (Å²) in [6, 6.07) is 6.25. The van der Waals surface area contributed by atoms with Crippen molar-refractivity contribution in [2.75, 3.05) is 45.9 Å². The third-order valence-electron chi connectivity index (χ3n) is 4.83. The maximum Gasteiger partial charge on any atom is 0.251 e. The van der Waals surface area contributed by atoms with E-state index in [9.17, 15) is 13.2 Å². The SMILES string of the molecule is CCOCCNC(=O)c1cccc(S(=O)(=O)N2C[C@H]3CNC[C@H]3C2)c1. The molecule has 0 aliphatic carbocycles. The van der Waals surface area contributed by atoms with Crippen LogP contribution in [0, 0.1) is 11.8 Å². The minimum Gasteiger partial charge on any atom is -0.380 e. The molecule has 0 radical (unpaired) electrons. The fourth-order valence-corrected chi connectivity index (χ4v) is 5.04. The number of carbonyl (C=O) groups is 1. The Balaban J connectivity index is 1.69. The Bertz CT molecular complexity index is 710. The molecule has 2 heterocycles. The van der Waals surface area contributed by atoms with Gasteiger partial charge in [-0.15, -0.1) is 0 Å². The molecule has 1 aromatic carbocycles. The van der Waals surface area contributed by atoms with E-state index in [0.29, 0.717) is 50.2 Å². The third-order valence-corrected chi connectivity index (χ3v) is 6.65. The highest BCUT2D eigenvalue weighted by molar-refractivity contribution is 7.89. The molecule has 1 amide bonds. The molecule has 2 saturated heterocycles. The molecule has 25 heavy (non-hydrogen) atoms. The van der Waals surface area contributed by atoms with Crippen molar-refractivity contribution >= 4 is 15.9 Å². The smallest absolute Gasteiger partial charge is 0.251 e. The van der Waals surface area contributed by atoms with E-state index < -0.39 is 10.0 Å². The Morgan fingerprint density at radius 3 is 2.72 bits per heavy atom. The third kappa shape index (κ3) is 4.03. The average Bonchev–Trinajstić information content (AvgIpc) is 3.21. The summed E-state index contributed by atoms with van der Waals surface area (Å²) in [5.74, 6) is 0.485. The molecule has 0 bridgehead atoms. The summed E-state index contributed by atoms with van der Waals surface area (Å²) in [5.41, 5.74) is 0.346. The maximum absolute atomic E-state index is 12.9. The normalized spacial score (nSPS) is 23.6. The van der Waals surface area contributed by atoms with Crippen molar-refractivity contribution in [1.29, 1.82) is 0 Å². The van der Waals surface area contributed by atoms with E-state index in [1.807, 2.05) is 6.92 Å². The maximum atomic E-state index is 12.9. The van der Waals surface area contributed by atoms with Crippen molar-refractivity contribution in [2.24, 2.45) is 11.8 Å². The lowest BCUT2D eigenvalue weighted by Gasteiger charge is -2.18. The number of amides is 1. The fourth-order valence-electron chi connectivity index (χ4n) is 3.44. The Hall–Kier alpha value is -1.48. The number of nitrogens with zero attached hydrogens (tertiary/aromatic N) is 1. The second kappa shape index (κ2) is 7.82. The van der Waals surface area contributed by atoms with Gasteiger partial charge in [0.05, 0.1) is 11.5 Å². The van der Waals surface area contributed by atoms with Crippen LogP contribution in [0.25, 0.3) is 0 Å². The van der Waals surface area contributed by atoms with Crippen LogP contribution >= 0.6 is 0 Å². The van der Waals surface area contributed by atoms with E-state index in [1.165, 1.54) is 6.07 Å². The first-order valence-corrected chi connectivity index (χ1v) is 10.1. The van der Waals surface area contributed by atoms with Crippen LogP contribution in [0.4, 0.5) is 0 Å². The van der Waals surface area contributed by atoms with Gasteiger partial charge in [-0.05, 0) is 50.0 Å². The zero-order valence-electron chi connectivity index (χ0n) is 14.4. The minimum atomic E-state index is -3.57. The van der Waals surface area contributed by atoms with E-state index in [4.69, 9.17) is 4.74 Å². The lowest BCUT2D eigenvalue weighted by Crippen LogP contribution is -2.32. The van der Waals surface area contributed by atoms with Crippen LogP contribution in [0.3, 0.4) is 0 Å². The molecule has 2 N–H and O–H groups in total. The van der Waals surface area contributed by atoms with E-state index in [1.54, 1.807) is 22.5 Å². The van der Waals surface area contributed by atoms with Gasteiger partial charge in [0.15, 0.2) is 0 Å². The number of fused-ring (bicyclic) bond motifs is 1. The lowest BCUT2D eigenvalue weighted by molar-refractivity contribution is 0.0922. The van der Waals surface area contributed by atoms with E-state index >= 15 is 0 Å². The van der Waals surface area contributed by atoms with Gasteiger partial charge in [0.25, 0.3) is 5.91 Å². The van der Waals surface area contributed by atoms with Gasteiger partial charge < -0.3 is 15.4 Å². The molecule has 0 unspecified atom stereocenters. The van der Waals surface area contributed by atoms with Gasteiger partial charge in [-0.3, -0.25) is 4.79 Å². The van der Waals surface area contributed by atoms with Gasteiger partial charge in [-0.25, -0.2) is 8.42 Å². The lowest BCUT2D eigenvalue weighted by atomic mass is 10.0. The average molecular weight is 367 g/mol. The molecular weight excluding hydrogens is 342 g/mol. The Morgan fingerprint density at radius 2 is 2.04 bits per heavy atom. The second-order valence-electron chi connectivity index (χ2n) is 6.48. The zero-order chi connectivity index (χ0) is 17.9. The minimum absolute atomic E-state index is 0.179. The van der Waals surface area contributed by atoms with Crippen molar-refractivity contribution in [1.82, 2.24) is 14.9 Å². The highest BCUT2D eigenvalue weighted by atomic mass is 32.2. The van der Waals surface area contributed by atoms with Gasteiger partial charge >= 0.3 is 0 Å². The molecule has 2 atom stereocenters. The molecule has 8 heteroatoms. The largest absolute Gasteiger partial charge is 0.380 e. The highest BCUT2D eigenvalue weighted by Gasteiger charge is 2.41.